The molecule has 1 aromatic heterocycles. The molecule has 1 fully saturated rings. The van der Waals surface area contributed by atoms with Gasteiger partial charge in [-0.15, -0.1) is 0 Å². The van der Waals surface area contributed by atoms with Gasteiger partial charge in [0, 0.05) is 18.2 Å². The molecule has 0 amide bonds. The van der Waals surface area contributed by atoms with Crippen LogP contribution in [0, 0.1) is 0 Å². The van der Waals surface area contributed by atoms with Crippen LogP contribution in [-0.4, -0.2) is 30.6 Å². The summed E-state index contributed by atoms with van der Waals surface area (Å²) in [5, 5.41) is 0. The van der Waals surface area contributed by atoms with E-state index in [4.69, 9.17) is 9.15 Å². The molecule has 1 aliphatic rings. The van der Waals surface area contributed by atoms with E-state index in [2.05, 4.69) is 11.8 Å². The molecule has 0 aromatic carbocycles. The summed E-state index contributed by atoms with van der Waals surface area (Å²) in [7, 11) is 1.37. The Morgan fingerprint density at radius 1 is 1.59 bits per heavy atom. The largest absolute Gasteiger partial charge is 0.463 e. The van der Waals surface area contributed by atoms with Crippen molar-refractivity contribution in [2.75, 3.05) is 13.7 Å². The summed E-state index contributed by atoms with van der Waals surface area (Å²) in [5.41, 5.74) is 0.922. The van der Waals surface area contributed by atoms with E-state index in [1.165, 1.54) is 26.4 Å². The van der Waals surface area contributed by atoms with Crippen molar-refractivity contribution in [1.29, 1.82) is 0 Å². The molecule has 0 bridgehead atoms. The quantitative estimate of drug-likeness (QED) is 0.757. The van der Waals surface area contributed by atoms with Crippen molar-refractivity contribution in [1.82, 2.24) is 4.90 Å². The maximum atomic E-state index is 11.5. The van der Waals surface area contributed by atoms with Gasteiger partial charge in [-0.2, -0.15) is 0 Å². The molecule has 1 atom stereocenters. The van der Waals surface area contributed by atoms with Crippen LogP contribution in [0.4, 0.5) is 0 Å². The van der Waals surface area contributed by atoms with Crippen LogP contribution < -0.4 is 0 Å². The molecule has 0 unspecified atom stereocenters. The second-order valence-electron chi connectivity index (χ2n) is 4.58. The predicted molar refractivity (Wildman–Crippen MR) is 63.8 cm³/mol. The van der Waals surface area contributed by atoms with Gasteiger partial charge >= 0.3 is 5.97 Å². The number of carbonyl (C=O) groups is 1. The molecule has 4 heteroatoms. The van der Waals surface area contributed by atoms with Gasteiger partial charge in [-0.25, -0.2) is 4.79 Å². The third kappa shape index (κ3) is 2.69. The van der Waals surface area contributed by atoms with Crippen LogP contribution in [0.1, 0.15) is 42.3 Å². The fourth-order valence-electron chi connectivity index (χ4n) is 2.34. The minimum Gasteiger partial charge on any atom is -0.463 e. The van der Waals surface area contributed by atoms with E-state index in [-0.39, 0.29) is 0 Å². The first-order chi connectivity index (χ1) is 8.22. The number of rotatable bonds is 3. The average molecular weight is 237 g/mol. The Morgan fingerprint density at radius 3 is 3.12 bits per heavy atom. The average Bonchev–Trinajstić information content (AvgIpc) is 2.79. The highest BCUT2D eigenvalue weighted by atomic mass is 16.5. The van der Waals surface area contributed by atoms with E-state index in [0.29, 0.717) is 11.8 Å². The smallest absolute Gasteiger partial charge is 0.374 e. The maximum absolute atomic E-state index is 11.5. The molecule has 2 rings (SSSR count). The van der Waals surface area contributed by atoms with E-state index < -0.39 is 5.97 Å². The van der Waals surface area contributed by atoms with E-state index in [1.807, 2.05) is 6.07 Å². The molecule has 17 heavy (non-hydrogen) atoms. The third-order valence-corrected chi connectivity index (χ3v) is 3.43. The maximum Gasteiger partial charge on any atom is 0.374 e. The zero-order chi connectivity index (χ0) is 12.3. The van der Waals surface area contributed by atoms with Crippen molar-refractivity contribution >= 4 is 5.97 Å². The van der Waals surface area contributed by atoms with Crippen LogP contribution in [0.3, 0.4) is 0 Å². The van der Waals surface area contributed by atoms with Crippen molar-refractivity contribution in [2.45, 2.75) is 38.8 Å². The second-order valence-corrected chi connectivity index (χ2v) is 4.58. The summed E-state index contributed by atoms with van der Waals surface area (Å²) in [6, 6.07) is 2.43. The molecule has 1 saturated heterocycles. The summed E-state index contributed by atoms with van der Waals surface area (Å²) in [4.78, 5) is 13.9. The molecule has 0 radical (unpaired) electrons. The van der Waals surface area contributed by atoms with Gasteiger partial charge in [-0.05, 0) is 32.4 Å². The van der Waals surface area contributed by atoms with Crippen molar-refractivity contribution in [3.8, 4) is 0 Å². The van der Waals surface area contributed by atoms with Gasteiger partial charge in [0.1, 0.15) is 0 Å². The van der Waals surface area contributed by atoms with Crippen LogP contribution in [0.25, 0.3) is 0 Å². The molecule has 1 aliphatic heterocycles. The van der Waals surface area contributed by atoms with E-state index in [9.17, 15) is 4.79 Å². The monoisotopic (exact) mass is 237 g/mol. The minimum atomic E-state index is -0.394. The number of piperidine rings is 1. The molecule has 0 spiro atoms. The lowest BCUT2D eigenvalue weighted by Gasteiger charge is -2.33. The lowest BCUT2D eigenvalue weighted by molar-refractivity contribution is 0.0559. The summed E-state index contributed by atoms with van der Waals surface area (Å²) in [5.74, 6) is -0.0556. The first-order valence-corrected chi connectivity index (χ1v) is 6.11. The molecule has 2 heterocycles. The van der Waals surface area contributed by atoms with Gasteiger partial charge in [0.05, 0.1) is 13.4 Å². The summed E-state index contributed by atoms with van der Waals surface area (Å²) < 4.78 is 9.89. The Bertz CT molecular complexity index is 386. The van der Waals surface area contributed by atoms with Crippen LogP contribution in [0.5, 0.6) is 0 Å². The highest BCUT2D eigenvalue weighted by Crippen LogP contribution is 2.21. The Kier molecular flexibility index (Phi) is 3.84. The standard InChI is InChI=1S/C13H19NO3/c1-10-5-3-4-7-14(10)9-11-6-8-17-12(11)13(15)16-2/h6,8,10H,3-5,7,9H2,1-2H3/t10-/m1/s1. The molecule has 0 saturated carbocycles. The normalized spacial score (nSPS) is 21.4. The van der Waals surface area contributed by atoms with Crippen LogP contribution in [-0.2, 0) is 11.3 Å². The zero-order valence-corrected chi connectivity index (χ0v) is 10.4. The lowest BCUT2D eigenvalue weighted by atomic mass is 10.0. The van der Waals surface area contributed by atoms with Crippen LogP contribution in [0.15, 0.2) is 16.7 Å². The Balaban J connectivity index is 2.07. The van der Waals surface area contributed by atoms with Gasteiger partial charge in [0.15, 0.2) is 0 Å². The second kappa shape index (κ2) is 5.36. The number of furan rings is 1. The number of likely N-dealkylation sites (tertiary alicyclic amines) is 1. The van der Waals surface area contributed by atoms with Crippen LogP contribution in [0.2, 0.25) is 0 Å². The van der Waals surface area contributed by atoms with Gasteiger partial charge < -0.3 is 9.15 Å². The van der Waals surface area contributed by atoms with Crippen molar-refractivity contribution in [3.05, 3.63) is 23.7 Å². The summed E-state index contributed by atoms with van der Waals surface area (Å²) in [6.07, 6.45) is 5.31. The number of methoxy groups -OCH3 is 1. The molecular weight excluding hydrogens is 218 g/mol. The number of nitrogens with zero attached hydrogens (tertiary/aromatic N) is 1. The van der Waals surface area contributed by atoms with Crippen molar-refractivity contribution < 1.29 is 13.9 Å². The Hall–Kier alpha value is -1.29. The first kappa shape index (κ1) is 12.2. The minimum absolute atomic E-state index is 0.338. The molecule has 4 nitrogen and oxygen atoms in total. The highest BCUT2D eigenvalue weighted by molar-refractivity contribution is 5.87. The molecular formula is C13H19NO3. The van der Waals surface area contributed by atoms with E-state index in [1.54, 1.807) is 6.26 Å². The SMILES string of the molecule is COC(=O)c1occc1CN1CCCC[C@H]1C. The predicted octanol–water partition coefficient (Wildman–Crippen LogP) is 2.44. The van der Waals surface area contributed by atoms with Gasteiger partial charge in [-0.3, -0.25) is 4.90 Å². The molecule has 1 aromatic rings. The first-order valence-electron chi connectivity index (χ1n) is 6.11. The van der Waals surface area contributed by atoms with Gasteiger partial charge in [0.25, 0.3) is 0 Å². The van der Waals surface area contributed by atoms with E-state index in [0.717, 1.165) is 18.7 Å². The van der Waals surface area contributed by atoms with Gasteiger partial charge in [0.2, 0.25) is 5.76 Å². The number of ether oxygens (including phenoxy) is 1. The number of hydrogen-bond donors (Lipinski definition) is 0. The van der Waals surface area contributed by atoms with Crippen molar-refractivity contribution in [2.24, 2.45) is 0 Å². The number of esters is 1. The Labute approximate surface area is 102 Å². The fraction of sp³-hybridized carbons (Fsp3) is 0.615. The summed E-state index contributed by atoms with van der Waals surface area (Å²) >= 11 is 0. The highest BCUT2D eigenvalue weighted by Gasteiger charge is 2.22. The number of hydrogen-bond acceptors (Lipinski definition) is 4. The topological polar surface area (TPSA) is 42.7 Å². The summed E-state index contributed by atoms with van der Waals surface area (Å²) in [6.45, 7) is 4.09. The van der Waals surface area contributed by atoms with Crippen LogP contribution >= 0.6 is 0 Å². The molecule has 0 N–H and O–H groups in total. The fourth-order valence-corrected chi connectivity index (χ4v) is 2.34. The third-order valence-electron chi connectivity index (χ3n) is 3.43. The lowest BCUT2D eigenvalue weighted by Crippen LogP contribution is -2.37. The molecule has 0 aliphatic carbocycles. The van der Waals surface area contributed by atoms with E-state index >= 15 is 0 Å². The number of carbonyl (C=O) groups excluding carboxylic acids is 1. The Morgan fingerprint density at radius 2 is 2.41 bits per heavy atom. The zero-order valence-electron chi connectivity index (χ0n) is 10.4. The molecule has 94 valence electrons. The van der Waals surface area contributed by atoms with Gasteiger partial charge in [-0.1, -0.05) is 6.42 Å². The van der Waals surface area contributed by atoms with Crippen molar-refractivity contribution in [3.63, 3.8) is 0 Å².